The Labute approximate surface area is 251 Å². The van der Waals surface area contributed by atoms with Gasteiger partial charge in [-0.05, 0) is 61.6 Å². The van der Waals surface area contributed by atoms with Crippen LogP contribution in [0.3, 0.4) is 0 Å². The number of carbonyl (C=O) groups excluding carboxylic acids is 3. The highest BCUT2D eigenvalue weighted by atomic mass is 19.1. The SMILES string of the molecule is CC1CC(=O)N(CC(=O)N(CCCN)C(c2cc(-c3cc(F)ccc3F)cn2Cc2ccccc2)C2CCCCC2)C1=O. The van der Waals surface area contributed by atoms with E-state index >= 15 is 4.39 Å². The van der Waals surface area contributed by atoms with E-state index in [0.29, 0.717) is 31.6 Å². The summed E-state index contributed by atoms with van der Waals surface area (Å²) in [6, 6.07) is 14.7. The van der Waals surface area contributed by atoms with E-state index in [2.05, 4.69) is 0 Å². The molecule has 7 nitrogen and oxygen atoms in total. The Balaban J connectivity index is 1.61. The number of likely N-dealkylation sites (tertiary alicyclic amines) is 1. The number of carbonyl (C=O) groups is 3. The second kappa shape index (κ2) is 13.6. The third-order valence-electron chi connectivity index (χ3n) is 8.79. The summed E-state index contributed by atoms with van der Waals surface area (Å²) < 4.78 is 31.4. The fourth-order valence-electron chi connectivity index (χ4n) is 6.59. The number of benzene rings is 2. The van der Waals surface area contributed by atoms with Crippen LogP contribution in [0.4, 0.5) is 8.78 Å². The topological polar surface area (TPSA) is 88.6 Å². The molecule has 1 aromatic heterocycles. The predicted octanol–water partition coefficient (Wildman–Crippen LogP) is 5.68. The first kappa shape index (κ1) is 30.6. The quantitative estimate of drug-likeness (QED) is 0.291. The van der Waals surface area contributed by atoms with Crippen LogP contribution in [0.25, 0.3) is 11.1 Å². The van der Waals surface area contributed by atoms with E-state index in [1.807, 2.05) is 47.2 Å². The molecular formula is C34H40F2N4O3. The van der Waals surface area contributed by atoms with Crippen LogP contribution < -0.4 is 5.73 Å². The molecule has 3 aromatic rings. The van der Waals surface area contributed by atoms with Gasteiger partial charge in [0.15, 0.2) is 0 Å². The average molecular weight is 591 g/mol. The van der Waals surface area contributed by atoms with E-state index in [4.69, 9.17) is 5.73 Å². The average Bonchev–Trinajstić information content (AvgIpc) is 3.52. The molecule has 1 saturated heterocycles. The lowest BCUT2D eigenvalue weighted by Gasteiger charge is -2.40. The van der Waals surface area contributed by atoms with Gasteiger partial charge in [0.2, 0.25) is 17.7 Å². The Hall–Kier alpha value is -3.85. The summed E-state index contributed by atoms with van der Waals surface area (Å²) in [7, 11) is 0. The van der Waals surface area contributed by atoms with Crippen LogP contribution in [0.2, 0.25) is 0 Å². The molecule has 5 rings (SSSR count). The zero-order valence-electron chi connectivity index (χ0n) is 24.7. The Morgan fingerprint density at radius 2 is 1.79 bits per heavy atom. The fourth-order valence-corrected chi connectivity index (χ4v) is 6.59. The summed E-state index contributed by atoms with van der Waals surface area (Å²) in [5, 5.41) is 0. The summed E-state index contributed by atoms with van der Waals surface area (Å²) in [6.45, 7) is 2.56. The van der Waals surface area contributed by atoms with Gasteiger partial charge >= 0.3 is 0 Å². The number of nitrogens with two attached hydrogens (primary N) is 1. The molecule has 228 valence electrons. The maximum atomic E-state index is 15.0. The second-order valence-corrected chi connectivity index (χ2v) is 11.9. The van der Waals surface area contributed by atoms with E-state index in [1.165, 1.54) is 6.07 Å². The van der Waals surface area contributed by atoms with Gasteiger partial charge in [-0.3, -0.25) is 19.3 Å². The van der Waals surface area contributed by atoms with Crippen LogP contribution in [-0.2, 0) is 20.9 Å². The first-order chi connectivity index (χ1) is 20.8. The maximum Gasteiger partial charge on any atom is 0.243 e. The minimum atomic E-state index is -0.536. The molecule has 2 atom stereocenters. The van der Waals surface area contributed by atoms with Crippen LogP contribution >= 0.6 is 0 Å². The maximum absolute atomic E-state index is 15.0. The third-order valence-corrected chi connectivity index (χ3v) is 8.79. The summed E-state index contributed by atoms with van der Waals surface area (Å²) in [5.41, 5.74) is 8.43. The second-order valence-electron chi connectivity index (χ2n) is 11.9. The normalized spacial score (nSPS) is 18.3. The van der Waals surface area contributed by atoms with Gasteiger partial charge in [-0.15, -0.1) is 0 Å². The number of nitrogens with zero attached hydrogens (tertiary/aromatic N) is 3. The van der Waals surface area contributed by atoms with E-state index in [-0.39, 0.29) is 42.2 Å². The standard InChI is InChI=1S/C34H40F2N4O3/c1-23-17-31(41)40(34(23)43)22-32(42)39(16-8-15-37)33(25-11-6-3-7-12-25)30-18-26(28-19-27(35)13-14-29(28)36)21-38(30)20-24-9-4-2-5-10-24/h2,4-5,9-10,13-14,18-19,21,23,25,33H,3,6-8,11-12,15-17,20,22,37H2,1H3. The minimum absolute atomic E-state index is 0.101. The zero-order valence-corrected chi connectivity index (χ0v) is 24.7. The fraction of sp³-hybridized carbons (Fsp3) is 0.441. The van der Waals surface area contributed by atoms with Crippen molar-refractivity contribution in [2.75, 3.05) is 19.6 Å². The van der Waals surface area contributed by atoms with Crippen molar-refractivity contribution < 1.29 is 23.2 Å². The first-order valence-corrected chi connectivity index (χ1v) is 15.3. The molecule has 2 unspecified atom stereocenters. The van der Waals surface area contributed by atoms with Gasteiger partial charge in [0.25, 0.3) is 0 Å². The molecule has 1 aliphatic heterocycles. The first-order valence-electron chi connectivity index (χ1n) is 15.3. The lowest BCUT2D eigenvalue weighted by atomic mass is 9.81. The molecule has 2 N–H and O–H groups in total. The largest absolute Gasteiger partial charge is 0.345 e. The number of imide groups is 1. The molecular weight excluding hydrogens is 550 g/mol. The van der Waals surface area contributed by atoms with E-state index in [0.717, 1.165) is 60.4 Å². The molecule has 9 heteroatoms. The monoisotopic (exact) mass is 590 g/mol. The van der Waals surface area contributed by atoms with Crippen molar-refractivity contribution >= 4 is 17.7 Å². The van der Waals surface area contributed by atoms with Crippen molar-refractivity contribution in [2.24, 2.45) is 17.6 Å². The van der Waals surface area contributed by atoms with Gasteiger partial charge in [-0.1, -0.05) is 56.5 Å². The predicted molar refractivity (Wildman–Crippen MR) is 161 cm³/mol. The van der Waals surface area contributed by atoms with Crippen LogP contribution in [0, 0.1) is 23.5 Å². The van der Waals surface area contributed by atoms with Crippen molar-refractivity contribution in [1.29, 1.82) is 0 Å². The van der Waals surface area contributed by atoms with Gasteiger partial charge in [0.1, 0.15) is 18.2 Å². The molecule has 2 aromatic carbocycles. The summed E-state index contributed by atoms with van der Waals surface area (Å²) >= 11 is 0. The van der Waals surface area contributed by atoms with Gasteiger partial charge < -0.3 is 15.2 Å². The molecule has 0 bridgehead atoms. The molecule has 3 amide bonds. The van der Waals surface area contributed by atoms with Gasteiger partial charge in [-0.25, -0.2) is 8.78 Å². The molecule has 1 saturated carbocycles. The Morgan fingerprint density at radius 3 is 2.47 bits per heavy atom. The highest BCUT2D eigenvalue weighted by Gasteiger charge is 2.40. The van der Waals surface area contributed by atoms with Crippen LogP contribution in [0.1, 0.15) is 69.2 Å². The highest BCUT2D eigenvalue weighted by Crippen LogP contribution is 2.41. The Bertz CT molecular complexity index is 1450. The molecule has 2 aliphatic rings. The summed E-state index contributed by atoms with van der Waals surface area (Å²) in [4.78, 5) is 42.4. The van der Waals surface area contributed by atoms with Crippen molar-refractivity contribution in [2.45, 2.75) is 64.5 Å². The lowest BCUT2D eigenvalue weighted by molar-refractivity contribution is -0.148. The van der Waals surface area contributed by atoms with Gasteiger partial charge in [-0.2, -0.15) is 0 Å². The number of aromatic nitrogens is 1. The van der Waals surface area contributed by atoms with E-state index in [1.54, 1.807) is 11.8 Å². The molecule has 0 spiro atoms. The Morgan fingerprint density at radius 1 is 1.05 bits per heavy atom. The van der Waals surface area contributed by atoms with Crippen molar-refractivity contribution in [3.8, 4) is 11.1 Å². The summed E-state index contributed by atoms with van der Waals surface area (Å²) in [5.74, 6) is -2.39. The third kappa shape index (κ3) is 6.88. The summed E-state index contributed by atoms with van der Waals surface area (Å²) in [6.07, 6.45) is 7.42. The van der Waals surface area contributed by atoms with E-state index in [9.17, 15) is 18.8 Å². The molecule has 2 heterocycles. The van der Waals surface area contributed by atoms with Crippen LogP contribution in [0.15, 0.2) is 60.8 Å². The van der Waals surface area contributed by atoms with Crippen LogP contribution in [-0.4, -0.2) is 51.7 Å². The van der Waals surface area contributed by atoms with Crippen molar-refractivity contribution in [1.82, 2.24) is 14.4 Å². The molecule has 2 fully saturated rings. The smallest absolute Gasteiger partial charge is 0.243 e. The van der Waals surface area contributed by atoms with E-state index < -0.39 is 23.6 Å². The minimum Gasteiger partial charge on any atom is -0.345 e. The number of hydrogen-bond donors (Lipinski definition) is 1. The number of rotatable bonds is 11. The van der Waals surface area contributed by atoms with Gasteiger partial charge in [0.05, 0.1) is 6.04 Å². The van der Waals surface area contributed by atoms with Crippen molar-refractivity contribution in [3.63, 3.8) is 0 Å². The number of hydrogen-bond acceptors (Lipinski definition) is 4. The van der Waals surface area contributed by atoms with Crippen LogP contribution in [0.5, 0.6) is 0 Å². The van der Waals surface area contributed by atoms with Gasteiger partial charge in [0, 0.05) is 48.4 Å². The molecule has 43 heavy (non-hydrogen) atoms. The molecule has 0 radical (unpaired) electrons. The number of halogens is 2. The molecule has 1 aliphatic carbocycles. The highest BCUT2D eigenvalue weighted by molar-refractivity contribution is 6.05. The number of amides is 3. The van der Waals surface area contributed by atoms with Crippen molar-refractivity contribution in [3.05, 3.63) is 83.7 Å². The lowest BCUT2D eigenvalue weighted by Crippen LogP contribution is -2.47. The zero-order chi connectivity index (χ0) is 30.5. The Kier molecular flexibility index (Phi) is 9.70.